The van der Waals surface area contributed by atoms with Crippen LogP contribution in [0, 0.1) is 6.92 Å². The number of aliphatic hydroxyl groups is 5. The number of ether oxygens (including phenoxy) is 2. The number of amides is 1. The van der Waals surface area contributed by atoms with Crippen molar-refractivity contribution in [3.63, 3.8) is 0 Å². The van der Waals surface area contributed by atoms with Crippen LogP contribution in [-0.4, -0.2) is 93.6 Å². The summed E-state index contributed by atoms with van der Waals surface area (Å²) in [6, 6.07) is 5.98. The highest BCUT2D eigenvalue weighted by molar-refractivity contribution is 5.95. The van der Waals surface area contributed by atoms with Gasteiger partial charge in [-0.3, -0.25) is 9.63 Å². The molecule has 2 rings (SSSR count). The van der Waals surface area contributed by atoms with Crippen molar-refractivity contribution in [3.8, 4) is 0 Å². The Morgan fingerprint density at radius 3 is 2.07 bits per heavy atom. The topological polar surface area (TPSA) is 184 Å². The third-order valence-electron chi connectivity index (χ3n) is 8.30. The van der Waals surface area contributed by atoms with E-state index in [2.05, 4.69) is 12.2 Å². The van der Waals surface area contributed by atoms with Crippen LogP contribution in [0.5, 0.6) is 0 Å². The fraction of sp³-hybridized carbons (Fsp3) is 0.781. The normalized spacial score (nSPS) is 24.4. The molecule has 0 bridgehead atoms. The van der Waals surface area contributed by atoms with E-state index in [0.717, 1.165) is 31.2 Å². The van der Waals surface area contributed by atoms with Gasteiger partial charge in [0, 0.05) is 5.56 Å². The van der Waals surface area contributed by atoms with Crippen LogP contribution in [0.4, 0.5) is 0 Å². The van der Waals surface area contributed by atoms with Gasteiger partial charge >= 0.3 is 0 Å². The molecular formula is C32H56N2O9. The average Bonchev–Trinajstić information content (AvgIpc) is 3.01. The molecule has 1 saturated heterocycles. The fourth-order valence-electron chi connectivity index (χ4n) is 5.47. The zero-order valence-electron chi connectivity index (χ0n) is 26.0. The van der Waals surface area contributed by atoms with Crippen LogP contribution < -0.4 is 11.2 Å². The minimum Gasteiger partial charge on any atom is -0.394 e. The molecule has 1 aromatic carbocycles. The number of unbranched alkanes of at least 4 members (excludes halogenated alkanes) is 11. The van der Waals surface area contributed by atoms with Crippen molar-refractivity contribution in [1.82, 2.24) is 5.32 Å². The molecule has 8 atom stereocenters. The predicted molar refractivity (Wildman–Crippen MR) is 163 cm³/mol. The molecule has 8 N–H and O–H groups in total. The van der Waals surface area contributed by atoms with Crippen LogP contribution in [0.3, 0.4) is 0 Å². The van der Waals surface area contributed by atoms with Crippen molar-refractivity contribution in [1.29, 1.82) is 0 Å². The third kappa shape index (κ3) is 12.7. The lowest BCUT2D eigenvalue weighted by Gasteiger charge is -2.40. The Kier molecular flexibility index (Phi) is 18.4. The molecule has 0 saturated carbocycles. The van der Waals surface area contributed by atoms with Gasteiger partial charge in [-0.05, 0) is 25.0 Å². The SMILES string of the molecule is CCCCCCCCCCCCCCC(ON)C(O)C(COC1OC(CO)C(O)C(O)C1O)NC(=O)c1ccccc1C. The Hall–Kier alpha value is -1.67. The minimum absolute atomic E-state index is 0.334. The van der Waals surface area contributed by atoms with E-state index < -0.39 is 61.5 Å². The maximum atomic E-state index is 13.1. The number of nitrogens with two attached hydrogens (primary N) is 1. The minimum atomic E-state index is -1.62. The number of hydrogen-bond acceptors (Lipinski definition) is 10. The first kappa shape index (κ1) is 37.5. The summed E-state index contributed by atoms with van der Waals surface area (Å²) in [4.78, 5) is 18.3. The molecule has 248 valence electrons. The zero-order chi connectivity index (χ0) is 31.6. The third-order valence-corrected chi connectivity index (χ3v) is 8.30. The molecule has 1 aliphatic rings. The number of carbonyl (C=O) groups is 1. The van der Waals surface area contributed by atoms with Gasteiger partial charge in [0.25, 0.3) is 5.91 Å². The van der Waals surface area contributed by atoms with Crippen molar-refractivity contribution in [2.75, 3.05) is 13.2 Å². The lowest BCUT2D eigenvalue weighted by atomic mass is 9.98. The van der Waals surface area contributed by atoms with Crippen molar-refractivity contribution in [2.45, 2.75) is 146 Å². The summed E-state index contributed by atoms with van der Waals surface area (Å²) in [7, 11) is 0. The first-order valence-electron chi connectivity index (χ1n) is 16.1. The van der Waals surface area contributed by atoms with Gasteiger partial charge in [-0.1, -0.05) is 102 Å². The molecule has 1 heterocycles. The molecule has 8 unspecified atom stereocenters. The van der Waals surface area contributed by atoms with Crippen LogP contribution in [0.2, 0.25) is 0 Å². The number of aliphatic hydroxyl groups excluding tert-OH is 5. The zero-order valence-corrected chi connectivity index (χ0v) is 26.0. The molecule has 0 aromatic heterocycles. The smallest absolute Gasteiger partial charge is 0.251 e. The number of nitrogens with one attached hydrogen (secondary N) is 1. The number of aryl methyl sites for hydroxylation is 1. The Balaban J connectivity index is 1.92. The van der Waals surface area contributed by atoms with Gasteiger partial charge in [-0.15, -0.1) is 0 Å². The lowest BCUT2D eigenvalue weighted by molar-refractivity contribution is -0.303. The van der Waals surface area contributed by atoms with E-state index in [-0.39, 0.29) is 6.61 Å². The van der Waals surface area contributed by atoms with E-state index in [1.54, 1.807) is 25.1 Å². The van der Waals surface area contributed by atoms with Gasteiger partial charge < -0.3 is 40.3 Å². The standard InChI is InChI=1S/C32H56N2O9/c1-3-4-5-6-7-8-9-10-11-12-13-14-19-25(43-33)27(36)24(34-31(40)23-18-16-15-17-22(23)2)21-41-32-30(39)29(38)28(37)26(20-35)42-32/h15-18,24-30,32,35-39H,3-14,19-21,33H2,1-2H3,(H,34,40). The van der Waals surface area contributed by atoms with E-state index >= 15 is 0 Å². The van der Waals surface area contributed by atoms with E-state index in [1.165, 1.54) is 51.4 Å². The van der Waals surface area contributed by atoms with E-state index in [4.69, 9.17) is 20.2 Å². The molecular weight excluding hydrogens is 556 g/mol. The quantitative estimate of drug-likeness (QED) is 0.0759. The largest absolute Gasteiger partial charge is 0.394 e. The van der Waals surface area contributed by atoms with Crippen molar-refractivity contribution < 1.29 is 44.6 Å². The maximum absolute atomic E-state index is 13.1. The summed E-state index contributed by atoms with van der Waals surface area (Å²) in [5, 5.41) is 54.1. The summed E-state index contributed by atoms with van der Waals surface area (Å²) in [6.07, 6.45) is 5.37. The molecule has 1 amide bonds. The van der Waals surface area contributed by atoms with Gasteiger partial charge in [-0.25, -0.2) is 5.90 Å². The molecule has 0 spiro atoms. The summed E-state index contributed by atoms with van der Waals surface area (Å²) in [5.74, 6) is 5.14. The van der Waals surface area contributed by atoms with E-state index in [9.17, 15) is 30.3 Å². The Labute approximate surface area is 256 Å². The highest BCUT2D eigenvalue weighted by Crippen LogP contribution is 2.23. The second-order valence-electron chi connectivity index (χ2n) is 11.8. The lowest BCUT2D eigenvalue weighted by Crippen LogP contribution is -2.60. The second kappa shape index (κ2) is 21.1. The first-order chi connectivity index (χ1) is 20.7. The number of benzene rings is 1. The number of carbonyl (C=O) groups excluding carboxylic acids is 1. The van der Waals surface area contributed by atoms with Gasteiger partial charge in [0.15, 0.2) is 6.29 Å². The summed E-state index contributed by atoms with van der Waals surface area (Å²) in [6.45, 7) is 3.08. The summed E-state index contributed by atoms with van der Waals surface area (Å²) < 4.78 is 11.1. The monoisotopic (exact) mass is 612 g/mol. The molecule has 0 aliphatic carbocycles. The molecule has 0 radical (unpaired) electrons. The fourth-order valence-corrected chi connectivity index (χ4v) is 5.47. The Bertz CT molecular complexity index is 890. The van der Waals surface area contributed by atoms with Crippen molar-refractivity contribution >= 4 is 5.91 Å². The van der Waals surface area contributed by atoms with E-state index in [0.29, 0.717) is 12.0 Å². The average molecular weight is 613 g/mol. The number of hydrogen-bond donors (Lipinski definition) is 7. The van der Waals surface area contributed by atoms with Crippen LogP contribution >= 0.6 is 0 Å². The van der Waals surface area contributed by atoms with Crippen molar-refractivity contribution in [2.24, 2.45) is 5.90 Å². The molecule has 1 aromatic rings. The van der Waals surface area contributed by atoms with Crippen LogP contribution in [0.25, 0.3) is 0 Å². The second-order valence-corrected chi connectivity index (χ2v) is 11.8. The molecule has 1 fully saturated rings. The van der Waals surface area contributed by atoms with Gasteiger partial charge in [0.2, 0.25) is 0 Å². The molecule has 43 heavy (non-hydrogen) atoms. The van der Waals surface area contributed by atoms with Crippen LogP contribution in [0.15, 0.2) is 24.3 Å². The van der Waals surface area contributed by atoms with Crippen molar-refractivity contribution in [3.05, 3.63) is 35.4 Å². The van der Waals surface area contributed by atoms with E-state index in [1.807, 2.05) is 6.07 Å². The van der Waals surface area contributed by atoms with Gasteiger partial charge in [0.1, 0.15) is 36.6 Å². The first-order valence-corrected chi connectivity index (χ1v) is 16.1. The highest BCUT2D eigenvalue weighted by atomic mass is 16.7. The van der Waals surface area contributed by atoms with Gasteiger partial charge in [-0.2, -0.15) is 0 Å². The molecule has 1 aliphatic heterocycles. The molecule has 11 heteroatoms. The Morgan fingerprint density at radius 1 is 0.930 bits per heavy atom. The maximum Gasteiger partial charge on any atom is 0.251 e. The van der Waals surface area contributed by atoms with Crippen LogP contribution in [0.1, 0.15) is 106 Å². The van der Waals surface area contributed by atoms with Gasteiger partial charge in [0.05, 0.1) is 19.3 Å². The molecule has 11 nitrogen and oxygen atoms in total. The number of rotatable bonds is 22. The van der Waals surface area contributed by atoms with Crippen LogP contribution in [-0.2, 0) is 14.3 Å². The summed E-state index contributed by atoms with van der Waals surface area (Å²) >= 11 is 0. The highest BCUT2D eigenvalue weighted by Gasteiger charge is 2.44. The predicted octanol–water partition coefficient (Wildman–Crippen LogP) is 2.62. The Morgan fingerprint density at radius 2 is 1.51 bits per heavy atom. The summed E-state index contributed by atoms with van der Waals surface area (Å²) in [5.41, 5.74) is 1.16.